The van der Waals surface area contributed by atoms with E-state index in [2.05, 4.69) is 53.6 Å². The lowest BCUT2D eigenvalue weighted by Gasteiger charge is -2.30. The number of nitrogens with zero attached hydrogens (tertiary/aromatic N) is 4. The van der Waals surface area contributed by atoms with Gasteiger partial charge in [0.05, 0.1) is 12.1 Å². The summed E-state index contributed by atoms with van der Waals surface area (Å²) in [6.07, 6.45) is 0.993. The average Bonchev–Trinajstić information content (AvgIpc) is 2.95. The van der Waals surface area contributed by atoms with Crippen molar-refractivity contribution in [3.63, 3.8) is 0 Å². The fraction of sp³-hybridized carbons (Fsp3) is 0.364. The molecule has 5 heteroatoms. The van der Waals surface area contributed by atoms with Crippen molar-refractivity contribution in [2.24, 2.45) is 0 Å². The van der Waals surface area contributed by atoms with Crippen LogP contribution in [0.25, 0.3) is 10.9 Å². The Kier molecular flexibility index (Phi) is 4.59. The molecule has 1 aromatic carbocycles. The van der Waals surface area contributed by atoms with Gasteiger partial charge in [-0.1, -0.05) is 24.3 Å². The fourth-order valence-electron chi connectivity index (χ4n) is 4.06. The molecule has 0 saturated carbocycles. The van der Waals surface area contributed by atoms with Gasteiger partial charge in [-0.15, -0.1) is 0 Å². The number of rotatable bonds is 4. The lowest BCUT2D eigenvalue weighted by molar-refractivity contribution is 0.188. The molecular formula is C22H24N4O. The highest BCUT2D eigenvalue weighted by atomic mass is 16.5. The van der Waals surface area contributed by atoms with Crippen LogP contribution in [-0.4, -0.2) is 29.8 Å². The molecule has 1 aliphatic heterocycles. The van der Waals surface area contributed by atoms with Gasteiger partial charge in [0.2, 0.25) is 0 Å². The van der Waals surface area contributed by atoms with Gasteiger partial charge in [0.1, 0.15) is 11.8 Å². The second kappa shape index (κ2) is 7.05. The number of aromatic nitrogens is 2. The lowest BCUT2D eigenvalue weighted by Crippen LogP contribution is -2.31. The van der Waals surface area contributed by atoms with Crippen LogP contribution in [0.4, 0.5) is 5.82 Å². The monoisotopic (exact) mass is 360 g/mol. The number of ether oxygens (including phenoxy) is 1. The molecule has 0 fully saturated rings. The maximum absolute atomic E-state index is 9.53. The maximum Gasteiger partial charge on any atom is 0.155 e. The van der Waals surface area contributed by atoms with Gasteiger partial charge in [-0.05, 0) is 43.0 Å². The van der Waals surface area contributed by atoms with Crippen molar-refractivity contribution in [2.45, 2.75) is 33.4 Å². The lowest BCUT2D eigenvalue weighted by atomic mass is 10.00. The first-order chi connectivity index (χ1) is 13.1. The van der Waals surface area contributed by atoms with Crippen LogP contribution in [0.2, 0.25) is 0 Å². The summed E-state index contributed by atoms with van der Waals surface area (Å²) in [5.74, 6) is 0.908. The fourth-order valence-corrected chi connectivity index (χ4v) is 4.06. The van der Waals surface area contributed by atoms with E-state index in [1.807, 2.05) is 6.07 Å². The van der Waals surface area contributed by atoms with Crippen molar-refractivity contribution in [1.82, 2.24) is 9.55 Å². The average molecular weight is 360 g/mol. The number of pyridine rings is 1. The summed E-state index contributed by atoms with van der Waals surface area (Å²) >= 11 is 0. The van der Waals surface area contributed by atoms with Crippen LogP contribution in [-0.2, 0) is 24.2 Å². The van der Waals surface area contributed by atoms with Gasteiger partial charge >= 0.3 is 0 Å². The normalized spacial score (nSPS) is 13.6. The third-order valence-corrected chi connectivity index (χ3v) is 5.66. The minimum absolute atomic E-state index is 0.475. The Balaban J connectivity index is 1.89. The molecule has 4 rings (SSSR count). The van der Waals surface area contributed by atoms with E-state index in [0.29, 0.717) is 12.3 Å². The van der Waals surface area contributed by atoms with Crippen LogP contribution < -0.4 is 4.90 Å². The first kappa shape index (κ1) is 17.6. The summed E-state index contributed by atoms with van der Waals surface area (Å²) in [4.78, 5) is 7.06. The van der Waals surface area contributed by atoms with Crippen molar-refractivity contribution in [3.8, 4) is 6.07 Å². The highest BCUT2D eigenvalue weighted by Gasteiger charge is 2.23. The summed E-state index contributed by atoms with van der Waals surface area (Å²) in [5.41, 5.74) is 6.74. The van der Waals surface area contributed by atoms with Gasteiger partial charge in [-0.3, -0.25) is 0 Å². The minimum atomic E-state index is 0.475. The Bertz CT molecular complexity index is 1040. The number of benzene rings is 1. The van der Waals surface area contributed by atoms with Crippen molar-refractivity contribution >= 4 is 16.7 Å². The molecule has 0 atom stereocenters. The predicted octanol–water partition coefficient (Wildman–Crippen LogP) is 3.73. The summed E-state index contributed by atoms with van der Waals surface area (Å²) in [6.45, 7) is 7.40. The molecule has 27 heavy (non-hydrogen) atoms. The molecule has 0 N–H and O–H groups in total. The molecule has 3 aromatic rings. The second-order valence-electron chi connectivity index (χ2n) is 7.13. The predicted molar refractivity (Wildman–Crippen MR) is 107 cm³/mol. The van der Waals surface area contributed by atoms with E-state index in [9.17, 15) is 5.26 Å². The van der Waals surface area contributed by atoms with E-state index in [1.54, 1.807) is 7.11 Å². The minimum Gasteiger partial charge on any atom is -0.383 e. The van der Waals surface area contributed by atoms with Crippen LogP contribution >= 0.6 is 0 Å². The number of aryl methyl sites for hydroxylation is 1. The van der Waals surface area contributed by atoms with E-state index < -0.39 is 0 Å². The van der Waals surface area contributed by atoms with Crippen LogP contribution in [0.5, 0.6) is 0 Å². The topological polar surface area (TPSA) is 54.1 Å². The van der Waals surface area contributed by atoms with Gasteiger partial charge in [0.15, 0.2) is 5.82 Å². The zero-order valence-corrected chi connectivity index (χ0v) is 16.1. The van der Waals surface area contributed by atoms with Crippen LogP contribution in [0, 0.1) is 25.2 Å². The highest BCUT2D eigenvalue weighted by molar-refractivity contribution is 5.94. The van der Waals surface area contributed by atoms with E-state index in [0.717, 1.165) is 42.8 Å². The number of hydrogen-bond donors (Lipinski definition) is 0. The summed E-state index contributed by atoms with van der Waals surface area (Å²) in [7, 11) is 1.72. The number of nitriles is 1. The molecule has 0 unspecified atom stereocenters. The Hall–Kier alpha value is -2.84. The van der Waals surface area contributed by atoms with Crippen molar-refractivity contribution in [1.29, 1.82) is 5.26 Å². The maximum atomic E-state index is 9.53. The largest absolute Gasteiger partial charge is 0.383 e. The van der Waals surface area contributed by atoms with Gasteiger partial charge in [0, 0.05) is 37.8 Å². The van der Waals surface area contributed by atoms with Crippen LogP contribution in [0.1, 0.15) is 28.1 Å². The molecule has 0 bridgehead atoms. The molecule has 5 nitrogen and oxygen atoms in total. The number of hydrogen-bond acceptors (Lipinski definition) is 4. The molecular weight excluding hydrogens is 336 g/mol. The van der Waals surface area contributed by atoms with E-state index in [4.69, 9.17) is 9.72 Å². The van der Waals surface area contributed by atoms with E-state index in [1.165, 1.54) is 22.4 Å². The zero-order valence-electron chi connectivity index (χ0n) is 16.1. The first-order valence-electron chi connectivity index (χ1n) is 9.35. The smallest absolute Gasteiger partial charge is 0.155 e. The van der Waals surface area contributed by atoms with E-state index in [-0.39, 0.29) is 0 Å². The first-order valence-corrected chi connectivity index (χ1v) is 9.35. The van der Waals surface area contributed by atoms with Crippen molar-refractivity contribution in [2.75, 3.05) is 25.2 Å². The Labute approximate surface area is 159 Å². The Morgan fingerprint density at radius 2 is 2.00 bits per heavy atom. The molecule has 0 aliphatic carbocycles. The zero-order chi connectivity index (χ0) is 19.0. The quantitative estimate of drug-likeness (QED) is 0.711. The SMILES string of the molecule is COCCn1c(C)c(C)c2cc(C#N)nc(N3CCc4ccccc4C3)c21. The van der Waals surface area contributed by atoms with Gasteiger partial charge in [-0.2, -0.15) is 5.26 Å². The van der Waals surface area contributed by atoms with Crippen LogP contribution in [0.3, 0.4) is 0 Å². The molecule has 0 saturated heterocycles. The van der Waals surface area contributed by atoms with Crippen LogP contribution in [0.15, 0.2) is 30.3 Å². The third-order valence-electron chi connectivity index (χ3n) is 5.66. The summed E-state index contributed by atoms with van der Waals surface area (Å²) in [5, 5.41) is 10.6. The molecule has 0 amide bonds. The molecule has 1 aliphatic rings. The molecule has 2 aromatic heterocycles. The van der Waals surface area contributed by atoms with Crippen molar-refractivity contribution in [3.05, 3.63) is 58.4 Å². The van der Waals surface area contributed by atoms with E-state index >= 15 is 0 Å². The Morgan fingerprint density at radius 3 is 2.74 bits per heavy atom. The van der Waals surface area contributed by atoms with Crippen molar-refractivity contribution < 1.29 is 4.74 Å². The van der Waals surface area contributed by atoms with Gasteiger partial charge in [-0.25, -0.2) is 4.98 Å². The highest BCUT2D eigenvalue weighted by Crippen LogP contribution is 2.34. The summed E-state index contributed by atoms with van der Waals surface area (Å²) in [6, 6.07) is 12.7. The molecule has 0 radical (unpaired) electrons. The second-order valence-corrected chi connectivity index (χ2v) is 7.13. The molecule has 0 spiro atoms. The molecule has 138 valence electrons. The third kappa shape index (κ3) is 2.96. The standard InChI is InChI=1S/C22H24N4O/c1-15-16(2)26(10-11-27-3)21-20(15)12-19(13-23)24-22(21)25-9-8-17-6-4-5-7-18(17)14-25/h4-7,12H,8-11,14H2,1-3H3. The summed E-state index contributed by atoms with van der Waals surface area (Å²) < 4.78 is 7.62. The Morgan fingerprint density at radius 1 is 1.22 bits per heavy atom. The van der Waals surface area contributed by atoms with Gasteiger partial charge < -0.3 is 14.2 Å². The number of fused-ring (bicyclic) bond motifs is 2. The number of methoxy groups -OCH3 is 1. The molecule has 3 heterocycles. The van der Waals surface area contributed by atoms with Gasteiger partial charge in [0.25, 0.3) is 0 Å². The number of anilines is 1.